The summed E-state index contributed by atoms with van der Waals surface area (Å²) in [6, 6.07) is 10.4. The van der Waals surface area contributed by atoms with Gasteiger partial charge in [-0.05, 0) is 64.1 Å². The van der Waals surface area contributed by atoms with Crippen molar-refractivity contribution >= 4 is 5.97 Å². The van der Waals surface area contributed by atoms with Crippen molar-refractivity contribution in [2.24, 2.45) is 5.92 Å². The van der Waals surface area contributed by atoms with Gasteiger partial charge in [0.2, 0.25) is 0 Å². The van der Waals surface area contributed by atoms with Crippen molar-refractivity contribution in [2.45, 2.75) is 57.6 Å². The minimum absolute atomic E-state index is 0.0729. The Labute approximate surface area is 145 Å². The Balaban J connectivity index is 1.70. The molecule has 2 aliphatic rings. The molecule has 3 rings (SSSR count). The molecule has 1 fully saturated rings. The van der Waals surface area contributed by atoms with Gasteiger partial charge >= 0.3 is 5.97 Å². The average molecular weight is 327 g/mol. The fraction of sp³-hybridized carbons (Fsp3) is 0.571. The van der Waals surface area contributed by atoms with Crippen molar-refractivity contribution in [3.8, 4) is 0 Å². The number of carbonyl (C=O) groups excluding carboxylic acids is 1. The predicted molar refractivity (Wildman–Crippen MR) is 96.9 cm³/mol. The van der Waals surface area contributed by atoms with Gasteiger partial charge in [0.05, 0.1) is 5.92 Å². The van der Waals surface area contributed by atoms with Gasteiger partial charge in [-0.2, -0.15) is 0 Å². The smallest absolute Gasteiger partial charge is 0.314 e. The molecule has 3 nitrogen and oxygen atoms in total. The zero-order chi connectivity index (χ0) is 16.9. The molecule has 1 aromatic rings. The molecule has 0 amide bonds. The summed E-state index contributed by atoms with van der Waals surface area (Å²) in [4.78, 5) is 15.4. The van der Waals surface area contributed by atoms with E-state index in [1.165, 1.54) is 12.8 Å². The molecule has 0 N–H and O–H groups in total. The van der Waals surface area contributed by atoms with Crippen LogP contribution in [0.25, 0.3) is 0 Å². The highest BCUT2D eigenvalue weighted by Crippen LogP contribution is 2.34. The lowest BCUT2D eigenvalue weighted by molar-refractivity contribution is -0.154. The predicted octanol–water partition coefficient (Wildman–Crippen LogP) is 4.15. The molecule has 1 heterocycles. The normalized spacial score (nSPS) is 24.7. The lowest BCUT2D eigenvalue weighted by atomic mass is 9.85. The van der Waals surface area contributed by atoms with Gasteiger partial charge in [-0.25, -0.2) is 0 Å². The van der Waals surface area contributed by atoms with E-state index in [9.17, 15) is 4.79 Å². The molecule has 0 radical (unpaired) electrons. The van der Waals surface area contributed by atoms with Crippen molar-refractivity contribution in [1.82, 2.24) is 4.90 Å². The summed E-state index contributed by atoms with van der Waals surface area (Å²) in [5.41, 5.74) is 1.07. The molecular formula is C21H29NO2. The van der Waals surface area contributed by atoms with E-state index in [-0.39, 0.29) is 30.0 Å². The average Bonchev–Trinajstić information content (AvgIpc) is 3.29. The summed E-state index contributed by atoms with van der Waals surface area (Å²) in [6.07, 6.45) is 8.89. The molecule has 130 valence electrons. The van der Waals surface area contributed by atoms with Crippen molar-refractivity contribution < 1.29 is 9.53 Å². The van der Waals surface area contributed by atoms with E-state index in [4.69, 9.17) is 4.74 Å². The van der Waals surface area contributed by atoms with Crippen molar-refractivity contribution in [3.05, 3.63) is 48.0 Å². The number of allylic oxidation sites excluding steroid dienone is 2. The Bertz CT molecular complexity index is 562. The number of hydrogen-bond acceptors (Lipinski definition) is 3. The Morgan fingerprint density at radius 2 is 1.88 bits per heavy atom. The maximum atomic E-state index is 13.0. The summed E-state index contributed by atoms with van der Waals surface area (Å²) >= 11 is 0. The van der Waals surface area contributed by atoms with Gasteiger partial charge in [-0.1, -0.05) is 42.5 Å². The molecular weight excluding hydrogens is 298 g/mol. The molecule has 24 heavy (non-hydrogen) atoms. The highest BCUT2D eigenvalue weighted by molar-refractivity contribution is 5.79. The first-order chi connectivity index (χ1) is 11.7. The van der Waals surface area contributed by atoms with E-state index in [2.05, 4.69) is 24.0 Å². The zero-order valence-electron chi connectivity index (χ0n) is 14.9. The molecule has 1 aliphatic heterocycles. The molecule has 1 saturated heterocycles. The van der Waals surface area contributed by atoms with E-state index < -0.39 is 0 Å². The fourth-order valence-electron chi connectivity index (χ4n) is 3.95. The van der Waals surface area contributed by atoms with E-state index in [1.54, 1.807) is 0 Å². The monoisotopic (exact) mass is 327 g/mol. The molecule has 4 unspecified atom stereocenters. The van der Waals surface area contributed by atoms with Gasteiger partial charge in [0.15, 0.2) is 0 Å². The number of rotatable bonds is 6. The number of hydrogen-bond donors (Lipinski definition) is 0. The van der Waals surface area contributed by atoms with Gasteiger partial charge in [-0.15, -0.1) is 0 Å². The molecule has 0 spiro atoms. The zero-order valence-corrected chi connectivity index (χ0v) is 14.9. The maximum Gasteiger partial charge on any atom is 0.314 e. The molecule has 0 bridgehead atoms. The molecule has 1 aliphatic carbocycles. The number of nitrogens with zero attached hydrogens (tertiary/aromatic N) is 1. The van der Waals surface area contributed by atoms with Crippen LogP contribution in [0.3, 0.4) is 0 Å². The van der Waals surface area contributed by atoms with Crippen molar-refractivity contribution in [3.63, 3.8) is 0 Å². The summed E-state index contributed by atoms with van der Waals surface area (Å²) < 4.78 is 5.94. The van der Waals surface area contributed by atoms with Gasteiger partial charge in [0.25, 0.3) is 0 Å². The highest BCUT2D eigenvalue weighted by atomic mass is 16.5. The van der Waals surface area contributed by atoms with Gasteiger partial charge in [0.1, 0.15) is 6.10 Å². The SMILES string of the molecule is CC(OC(=O)C(c1ccccc1)C1C=CCC1)C(C)N1CCCC1. The third-order valence-electron chi connectivity index (χ3n) is 5.59. The standard InChI is InChI=1S/C21H29NO2/c1-16(22-14-8-9-15-22)17(2)24-21(23)20(19-12-6-7-13-19)18-10-4-3-5-11-18/h3-6,10-12,16-17,19-20H,7-9,13-15H2,1-2H3. The molecule has 1 aromatic carbocycles. The van der Waals surface area contributed by atoms with Crippen LogP contribution in [0.2, 0.25) is 0 Å². The summed E-state index contributed by atoms with van der Waals surface area (Å²) in [7, 11) is 0. The van der Waals surface area contributed by atoms with E-state index >= 15 is 0 Å². The minimum atomic E-state index is -0.182. The second-order valence-electron chi connectivity index (χ2n) is 7.18. The number of benzene rings is 1. The van der Waals surface area contributed by atoms with Crippen LogP contribution < -0.4 is 0 Å². The second-order valence-corrected chi connectivity index (χ2v) is 7.18. The van der Waals surface area contributed by atoms with Crippen molar-refractivity contribution in [1.29, 1.82) is 0 Å². The first-order valence-corrected chi connectivity index (χ1v) is 9.33. The van der Waals surface area contributed by atoms with E-state index in [1.807, 2.05) is 37.3 Å². The lowest BCUT2D eigenvalue weighted by Gasteiger charge is -2.31. The second kappa shape index (κ2) is 7.98. The Morgan fingerprint density at radius 3 is 2.50 bits per heavy atom. The van der Waals surface area contributed by atoms with Crippen LogP contribution >= 0.6 is 0 Å². The fourth-order valence-corrected chi connectivity index (χ4v) is 3.95. The number of ether oxygens (including phenoxy) is 1. The highest BCUT2D eigenvalue weighted by Gasteiger charge is 2.33. The van der Waals surface area contributed by atoms with E-state index in [0.29, 0.717) is 0 Å². The summed E-state index contributed by atoms with van der Waals surface area (Å²) in [6.45, 7) is 6.46. The minimum Gasteiger partial charge on any atom is -0.461 e. The van der Waals surface area contributed by atoms with Crippen molar-refractivity contribution in [2.75, 3.05) is 13.1 Å². The number of carbonyl (C=O) groups is 1. The van der Waals surface area contributed by atoms with Crippen LogP contribution in [0.15, 0.2) is 42.5 Å². The Morgan fingerprint density at radius 1 is 1.17 bits per heavy atom. The third-order valence-corrected chi connectivity index (χ3v) is 5.59. The summed E-state index contributed by atoms with van der Waals surface area (Å²) in [5, 5.41) is 0. The number of esters is 1. The summed E-state index contributed by atoms with van der Waals surface area (Å²) in [5.74, 6) is 0.00340. The largest absolute Gasteiger partial charge is 0.461 e. The molecule has 3 heteroatoms. The van der Waals surface area contributed by atoms with Gasteiger partial charge in [-0.3, -0.25) is 9.69 Å². The molecule has 0 aromatic heterocycles. The van der Waals surface area contributed by atoms with E-state index in [0.717, 1.165) is 31.5 Å². The van der Waals surface area contributed by atoms with Gasteiger partial charge in [0, 0.05) is 6.04 Å². The van der Waals surface area contributed by atoms with Crippen LogP contribution in [-0.4, -0.2) is 36.1 Å². The van der Waals surface area contributed by atoms with Crippen LogP contribution in [0.1, 0.15) is 51.0 Å². The molecule has 4 atom stereocenters. The first-order valence-electron chi connectivity index (χ1n) is 9.33. The maximum absolute atomic E-state index is 13.0. The van der Waals surface area contributed by atoms with Crippen LogP contribution in [0.5, 0.6) is 0 Å². The Hall–Kier alpha value is -1.61. The van der Waals surface area contributed by atoms with Gasteiger partial charge < -0.3 is 4.74 Å². The first kappa shape index (κ1) is 17.2. The Kier molecular flexibility index (Phi) is 5.72. The third kappa shape index (κ3) is 3.89. The lowest BCUT2D eigenvalue weighted by Crippen LogP contribution is -2.41. The van der Waals surface area contributed by atoms with Crippen LogP contribution in [0.4, 0.5) is 0 Å². The van der Waals surface area contributed by atoms with Crippen LogP contribution in [-0.2, 0) is 9.53 Å². The number of likely N-dealkylation sites (tertiary alicyclic amines) is 1. The topological polar surface area (TPSA) is 29.5 Å². The molecule has 0 saturated carbocycles. The quantitative estimate of drug-likeness (QED) is 0.580. The van der Waals surface area contributed by atoms with Crippen LogP contribution in [0, 0.1) is 5.92 Å².